The van der Waals surface area contributed by atoms with Crippen molar-refractivity contribution in [1.29, 1.82) is 0 Å². The molecule has 5 nitrogen and oxygen atoms in total. The number of aryl methyl sites for hydroxylation is 2. The van der Waals surface area contributed by atoms with Crippen molar-refractivity contribution < 1.29 is 19.3 Å². The Morgan fingerprint density at radius 2 is 1.81 bits per heavy atom. The van der Waals surface area contributed by atoms with E-state index in [9.17, 15) is 5.11 Å². The normalized spacial score (nSPS) is 14.9. The molecule has 0 aromatic heterocycles. The molecule has 5 heteroatoms. The molecule has 1 heterocycles. The number of nitrogens with zero attached hydrogens (tertiary/aromatic N) is 1. The Bertz CT molecular complexity index is 713. The van der Waals surface area contributed by atoms with Crippen LogP contribution in [0.2, 0.25) is 0 Å². The van der Waals surface area contributed by atoms with Crippen molar-refractivity contribution in [2.75, 3.05) is 46.6 Å². The molecule has 0 unspecified atom stereocenters. The highest BCUT2D eigenvalue weighted by atomic mass is 16.5. The minimum atomic E-state index is 0.183. The number of benzene rings is 2. The third kappa shape index (κ3) is 6.15. The van der Waals surface area contributed by atoms with Crippen LogP contribution in [0.15, 0.2) is 42.5 Å². The van der Waals surface area contributed by atoms with Crippen molar-refractivity contribution in [3.63, 3.8) is 0 Å². The van der Waals surface area contributed by atoms with Crippen LogP contribution < -0.4 is 9.47 Å². The lowest BCUT2D eigenvalue weighted by atomic mass is 10.0. The van der Waals surface area contributed by atoms with Crippen LogP contribution in [0.25, 0.3) is 0 Å². The lowest BCUT2D eigenvalue weighted by Gasteiger charge is -2.26. The van der Waals surface area contributed by atoms with Crippen LogP contribution in [-0.2, 0) is 17.6 Å². The average molecular weight is 371 g/mol. The monoisotopic (exact) mass is 371 g/mol. The van der Waals surface area contributed by atoms with Crippen LogP contribution in [0.4, 0.5) is 0 Å². The summed E-state index contributed by atoms with van der Waals surface area (Å²) in [6.07, 6.45) is 2.97. The van der Waals surface area contributed by atoms with E-state index in [1.807, 2.05) is 18.2 Å². The van der Waals surface area contributed by atoms with Gasteiger partial charge in [-0.05, 0) is 54.7 Å². The number of aromatic hydroxyl groups is 1. The number of phenols is 1. The Balaban J connectivity index is 1.43. The molecule has 0 aliphatic carbocycles. The summed E-state index contributed by atoms with van der Waals surface area (Å²) in [5, 5.41) is 9.67. The first-order chi connectivity index (χ1) is 13.2. The molecule has 1 fully saturated rings. The predicted molar refractivity (Wildman–Crippen MR) is 106 cm³/mol. The number of morpholine rings is 1. The van der Waals surface area contributed by atoms with Crippen LogP contribution in [0, 0.1) is 0 Å². The second-order valence-corrected chi connectivity index (χ2v) is 6.81. The van der Waals surface area contributed by atoms with Crippen LogP contribution in [0.3, 0.4) is 0 Å². The summed E-state index contributed by atoms with van der Waals surface area (Å²) < 4.78 is 16.5. The molecule has 0 amide bonds. The van der Waals surface area contributed by atoms with Gasteiger partial charge >= 0.3 is 0 Å². The van der Waals surface area contributed by atoms with Gasteiger partial charge in [0, 0.05) is 19.6 Å². The summed E-state index contributed by atoms with van der Waals surface area (Å²) in [5.41, 5.74) is 2.45. The fraction of sp³-hybridized carbons (Fsp3) is 0.455. The van der Waals surface area contributed by atoms with Gasteiger partial charge in [-0.2, -0.15) is 0 Å². The maximum atomic E-state index is 9.67. The largest absolute Gasteiger partial charge is 0.504 e. The minimum Gasteiger partial charge on any atom is -0.504 e. The second kappa shape index (κ2) is 10.2. The first-order valence-corrected chi connectivity index (χ1v) is 9.62. The van der Waals surface area contributed by atoms with E-state index < -0.39 is 0 Å². The predicted octanol–water partition coefficient (Wildman–Crippen LogP) is 3.29. The topological polar surface area (TPSA) is 51.2 Å². The van der Waals surface area contributed by atoms with Gasteiger partial charge < -0.3 is 19.3 Å². The van der Waals surface area contributed by atoms with E-state index in [2.05, 4.69) is 23.1 Å². The van der Waals surface area contributed by atoms with Gasteiger partial charge in [0.1, 0.15) is 12.4 Å². The fourth-order valence-electron chi connectivity index (χ4n) is 3.28. The summed E-state index contributed by atoms with van der Waals surface area (Å²) in [4.78, 5) is 2.37. The fourth-order valence-corrected chi connectivity index (χ4v) is 3.28. The molecule has 1 aliphatic heterocycles. The van der Waals surface area contributed by atoms with E-state index in [4.69, 9.17) is 14.2 Å². The maximum absolute atomic E-state index is 9.67. The summed E-state index contributed by atoms with van der Waals surface area (Å²) in [6, 6.07) is 13.9. The molecule has 0 radical (unpaired) electrons. The number of hydrogen-bond acceptors (Lipinski definition) is 5. The molecular formula is C22H29NO4. The highest BCUT2D eigenvalue weighted by Gasteiger charge is 2.09. The molecule has 2 aromatic carbocycles. The molecule has 1 N–H and O–H groups in total. The van der Waals surface area contributed by atoms with E-state index in [0.29, 0.717) is 12.4 Å². The Kier molecular flexibility index (Phi) is 7.36. The Labute approximate surface area is 161 Å². The van der Waals surface area contributed by atoms with Crippen molar-refractivity contribution >= 4 is 0 Å². The van der Waals surface area contributed by atoms with E-state index >= 15 is 0 Å². The van der Waals surface area contributed by atoms with Gasteiger partial charge in [0.15, 0.2) is 11.5 Å². The zero-order chi connectivity index (χ0) is 18.9. The lowest BCUT2D eigenvalue weighted by molar-refractivity contribution is 0.0322. The molecule has 27 heavy (non-hydrogen) atoms. The van der Waals surface area contributed by atoms with Crippen molar-refractivity contribution in [1.82, 2.24) is 4.90 Å². The average Bonchev–Trinajstić information content (AvgIpc) is 2.70. The lowest BCUT2D eigenvalue weighted by Crippen LogP contribution is -2.38. The van der Waals surface area contributed by atoms with Crippen molar-refractivity contribution in [2.45, 2.75) is 19.3 Å². The summed E-state index contributed by atoms with van der Waals surface area (Å²) in [6.45, 7) is 5.27. The number of rotatable bonds is 9. The van der Waals surface area contributed by atoms with Gasteiger partial charge in [0.25, 0.3) is 0 Å². The van der Waals surface area contributed by atoms with Gasteiger partial charge in [0.2, 0.25) is 0 Å². The summed E-state index contributed by atoms with van der Waals surface area (Å²) in [5.74, 6) is 1.65. The van der Waals surface area contributed by atoms with E-state index in [0.717, 1.165) is 57.9 Å². The highest BCUT2D eigenvalue weighted by Crippen LogP contribution is 2.27. The minimum absolute atomic E-state index is 0.183. The standard InChI is InChI=1S/C22H29NO4/c1-25-22-17-19(8-9-21(22)24)5-2-4-18-6-3-7-20(16-18)27-15-12-23-10-13-26-14-11-23/h3,6-9,16-17,24H,2,4-5,10-15H2,1H3. The van der Waals surface area contributed by atoms with Crippen LogP contribution in [0.1, 0.15) is 17.5 Å². The van der Waals surface area contributed by atoms with Crippen molar-refractivity contribution in [2.24, 2.45) is 0 Å². The van der Waals surface area contributed by atoms with E-state index in [1.54, 1.807) is 13.2 Å². The maximum Gasteiger partial charge on any atom is 0.160 e. The number of phenolic OH excluding ortho intramolecular Hbond substituents is 1. The van der Waals surface area contributed by atoms with Gasteiger partial charge in [-0.1, -0.05) is 18.2 Å². The van der Waals surface area contributed by atoms with E-state index in [1.165, 1.54) is 11.1 Å². The van der Waals surface area contributed by atoms with Crippen LogP contribution in [-0.4, -0.2) is 56.6 Å². The Morgan fingerprint density at radius 1 is 1.04 bits per heavy atom. The number of methoxy groups -OCH3 is 1. The molecule has 0 atom stereocenters. The Morgan fingerprint density at radius 3 is 2.59 bits per heavy atom. The quantitative estimate of drug-likeness (QED) is 0.733. The SMILES string of the molecule is COc1cc(CCCc2cccc(OCCN3CCOCC3)c2)ccc1O. The van der Waals surface area contributed by atoms with Gasteiger partial charge in [-0.3, -0.25) is 4.90 Å². The molecule has 3 rings (SSSR count). The molecular weight excluding hydrogens is 342 g/mol. The summed E-state index contributed by atoms with van der Waals surface area (Å²) in [7, 11) is 1.57. The number of hydrogen-bond donors (Lipinski definition) is 1. The summed E-state index contributed by atoms with van der Waals surface area (Å²) >= 11 is 0. The molecule has 0 saturated carbocycles. The molecule has 1 aliphatic rings. The molecule has 0 bridgehead atoms. The molecule has 2 aromatic rings. The van der Waals surface area contributed by atoms with Gasteiger partial charge in [0.05, 0.1) is 20.3 Å². The first-order valence-electron chi connectivity index (χ1n) is 9.62. The van der Waals surface area contributed by atoms with Crippen LogP contribution >= 0.6 is 0 Å². The van der Waals surface area contributed by atoms with Crippen molar-refractivity contribution in [3.05, 3.63) is 53.6 Å². The highest BCUT2D eigenvalue weighted by molar-refractivity contribution is 5.41. The van der Waals surface area contributed by atoms with Gasteiger partial charge in [-0.25, -0.2) is 0 Å². The smallest absolute Gasteiger partial charge is 0.160 e. The zero-order valence-corrected chi connectivity index (χ0v) is 16.0. The van der Waals surface area contributed by atoms with Gasteiger partial charge in [-0.15, -0.1) is 0 Å². The van der Waals surface area contributed by atoms with Crippen molar-refractivity contribution in [3.8, 4) is 17.2 Å². The zero-order valence-electron chi connectivity index (χ0n) is 16.0. The third-order valence-corrected chi connectivity index (χ3v) is 4.85. The number of ether oxygens (including phenoxy) is 3. The first kappa shape index (κ1) is 19.5. The molecule has 1 saturated heterocycles. The Hall–Kier alpha value is -2.24. The third-order valence-electron chi connectivity index (χ3n) is 4.85. The second-order valence-electron chi connectivity index (χ2n) is 6.81. The molecule has 146 valence electrons. The molecule has 0 spiro atoms. The van der Waals surface area contributed by atoms with Crippen LogP contribution in [0.5, 0.6) is 17.2 Å². The van der Waals surface area contributed by atoms with E-state index in [-0.39, 0.29) is 5.75 Å².